The number of oxazole rings is 1. The summed E-state index contributed by atoms with van der Waals surface area (Å²) in [5.41, 5.74) is 2.13. The van der Waals surface area contributed by atoms with E-state index in [1.165, 1.54) is 16.8 Å². The van der Waals surface area contributed by atoms with Crippen molar-refractivity contribution in [2.24, 2.45) is 0 Å². The van der Waals surface area contributed by atoms with Gasteiger partial charge in [0.2, 0.25) is 5.91 Å². The van der Waals surface area contributed by atoms with E-state index in [0.717, 1.165) is 38.0 Å². The molecule has 2 aromatic heterocycles. The molecule has 0 bridgehead atoms. The number of nitrogens with zero attached hydrogens (tertiary/aromatic N) is 2. The standard InChI is InChI=1S/C16H21N3O2S/c1-2-3-14(17-8-13-10-21-11-18-13)16(20)19-6-4-15-12(9-19)5-7-22-15/h5,7,10-11,14,17H,2-4,6,8-9H2,1H3. The lowest BCUT2D eigenvalue weighted by atomic mass is 10.1. The third-order valence-corrected chi connectivity index (χ3v) is 5.03. The van der Waals surface area contributed by atoms with Crippen LogP contribution in [-0.4, -0.2) is 28.4 Å². The molecular weight excluding hydrogens is 298 g/mol. The summed E-state index contributed by atoms with van der Waals surface area (Å²) in [6.45, 7) is 4.22. The Balaban J connectivity index is 1.62. The van der Waals surface area contributed by atoms with Crippen LogP contribution in [-0.2, 0) is 24.3 Å². The number of carbonyl (C=O) groups is 1. The van der Waals surface area contributed by atoms with Crippen molar-refractivity contribution >= 4 is 17.2 Å². The Morgan fingerprint density at radius 2 is 2.50 bits per heavy atom. The third-order valence-electron chi connectivity index (χ3n) is 4.01. The van der Waals surface area contributed by atoms with Gasteiger partial charge >= 0.3 is 0 Å². The highest BCUT2D eigenvalue weighted by Gasteiger charge is 2.27. The Labute approximate surface area is 134 Å². The van der Waals surface area contributed by atoms with E-state index >= 15 is 0 Å². The summed E-state index contributed by atoms with van der Waals surface area (Å²) >= 11 is 1.79. The molecule has 3 heterocycles. The summed E-state index contributed by atoms with van der Waals surface area (Å²) in [5.74, 6) is 0.196. The third kappa shape index (κ3) is 3.39. The first kappa shape index (κ1) is 15.2. The molecule has 3 rings (SSSR count). The number of hydrogen-bond donors (Lipinski definition) is 1. The monoisotopic (exact) mass is 319 g/mol. The normalized spacial score (nSPS) is 15.6. The van der Waals surface area contributed by atoms with Crippen LogP contribution in [0.2, 0.25) is 0 Å². The molecule has 1 N–H and O–H groups in total. The highest BCUT2D eigenvalue weighted by atomic mass is 32.1. The zero-order valence-corrected chi connectivity index (χ0v) is 13.6. The lowest BCUT2D eigenvalue weighted by Gasteiger charge is -2.30. The molecule has 2 aromatic rings. The van der Waals surface area contributed by atoms with Crippen molar-refractivity contribution in [2.45, 2.75) is 45.3 Å². The van der Waals surface area contributed by atoms with Gasteiger partial charge < -0.3 is 14.6 Å². The number of amides is 1. The van der Waals surface area contributed by atoms with Crippen molar-refractivity contribution < 1.29 is 9.21 Å². The van der Waals surface area contributed by atoms with Gasteiger partial charge in [-0.2, -0.15) is 0 Å². The second-order valence-electron chi connectivity index (χ2n) is 5.58. The predicted octanol–water partition coefficient (Wildman–Crippen LogP) is 2.58. The van der Waals surface area contributed by atoms with Gasteiger partial charge in [0.05, 0.1) is 11.7 Å². The summed E-state index contributed by atoms with van der Waals surface area (Å²) in [4.78, 5) is 20.3. The van der Waals surface area contributed by atoms with Gasteiger partial charge in [-0.3, -0.25) is 4.79 Å². The molecule has 1 aliphatic heterocycles. The lowest BCUT2D eigenvalue weighted by molar-refractivity contribution is -0.134. The number of aromatic nitrogens is 1. The van der Waals surface area contributed by atoms with Gasteiger partial charge in [0.15, 0.2) is 6.39 Å². The minimum absolute atomic E-state index is 0.151. The molecular formula is C16H21N3O2S. The molecule has 1 aliphatic rings. The molecule has 22 heavy (non-hydrogen) atoms. The fraction of sp³-hybridized carbons (Fsp3) is 0.500. The molecule has 0 aliphatic carbocycles. The Kier molecular flexibility index (Phi) is 4.90. The number of hydrogen-bond acceptors (Lipinski definition) is 5. The van der Waals surface area contributed by atoms with Gasteiger partial charge in [-0.25, -0.2) is 4.98 Å². The van der Waals surface area contributed by atoms with Crippen LogP contribution in [0, 0.1) is 0 Å². The van der Waals surface area contributed by atoms with Crippen molar-refractivity contribution in [1.82, 2.24) is 15.2 Å². The first-order valence-corrected chi connectivity index (χ1v) is 8.60. The highest BCUT2D eigenvalue weighted by molar-refractivity contribution is 7.10. The largest absolute Gasteiger partial charge is 0.451 e. The quantitative estimate of drug-likeness (QED) is 0.889. The Hall–Kier alpha value is -1.66. The van der Waals surface area contributed by atoms with Crippen LogP contribution >= 0.6 is 11.3 Å². The summed E-state index contributed by atoms with van der Waals surface area (Å²) in [6, 6.07) is 1.98. The van der Waals surface area contributed by atoms with Crippen LogP contribution in [0.4, 0.5) is 0 Å². The average molecular weight is 319 g/mol. The van der Waals surface area contributed by atoms with Crippen LogP contribution < -0.4 is 5.32 Å². The van der Waals surface area contributed by atoms with Gasteiger partial charge in [0.25, 0.3) is 0 Å². The lowest BCUT2D eigenvalue weighted by Crippen LogP contribution is -2.47. The van der Waals surface area contributed by atoms with E-state index in [4.69, 9.17) is 4.42 Å². The van der Waals surface area contributed by atoms with E-state index in [1.807, 2.05) is 4.90 Å². The maximum atomic E-state index is 12.8. The average Bonchev–Trinajstić information content (AvgIpc) is 3.20. The van der Waals surface area contributed by atoms with Gasteiger partial charge in [-0.1, -0.05) is 13.3 Å². The molecule has 118 valence electrons. The zero-order valence-electron chi connectivity index (χ0n) is 12.7. The summed E-state index contributed by atoms with van der Waals surface area (Å²) in [7, 11) is 0. The SMILES string of the molecule is CCCC(NCc1cocn1)C(=O)N1CCc2sccc2C1. The molecule has 0 radical (unpaired) electrons. The molecule has 1 atom stereocenters. The van der Waals surface area contributed by atoms with E-state index in [2.05, 4.69) is 28.7 Å². The number of rotatable bonds is 6. The molecule has 6 heteroatoms. The number of fused-ring (bicyclic) bond motifs is 1. The molecule has 0 fully saturated rings. The fourth-order valence-electron chi connectivity index (χ4n) is 2.81. The van der Waals surface area contributed by atoms with E-state index in [9.17, 15) is 4.79 Å². The molecule has 0 spiro atoms. The van der Waals surface area contributed by atoms with E-state index in [-0.39, 0.29) is 11.9 Å². The molecule has 5 nitrogen and oxygen atoms in total. The molecule has 0 saturated carbocycles. The number of carbonyl (C=O) groups excluding carboxylic acids is 1. The van der Waals surface area contributed by atoms with Crippen molar-refractivity contribution in [3.8, 4) is 0 Å². The van der Waals surface area contributed by atoms with Gasteiger partial charge in [-0.05, 0) is 29.9 Å². The van der Waals surface area contributed by atoms with Gasteiger partial charge in [-0.15, -0.1) is 11.3 Å². The second-order valence-corrected chi connectivity index (χ2v) is 6.58. The van der Waals surface area contributed by atoms with E-state index in [0.29, 0.717) is 6.54 Å². The number of thiophene rings is 1. The van der Waals surface area contributed by atoms with Crippen molar-refractivity contribution in [3.05, 3.63) is 40.2 Å². The Morgan fingerprint density at radius 1 is 1.59 bits per heavy atom. The molecule has 0 saturated heterocycles. The van der Waals surface area contributed by atoms with Gasteiger partial charge in [0, 0.05) is 24.5 Å². The minimum atomic E-state index is -0.151. The second kappa shape index (κ2) is 7.07. The van der Waals surface area contributed by atoms with Crippen LogP contribution in [0.25, 0.3) is 0 Å². The Morgan fingerprint density at radius 3 is 3.27 bits per heavy atom. The van der Waals surface area contributed by atoms with E-state index in [1.54, 1.807) is 17.6 Å². The maximum absolute atomic E-state index is 12.8. The van der Waals surface area contributed by atoms with E-state index < -0.39 is 0 Å². The summed E-state index contributed by atoms with van der Waals surface area (Å²) in [6.07, 6.45) is 5.81. The summed E-state index contributed by atoms with van der Waals surface area (Å²) < 4.78 is 4.97. The highest BCUT2D eigenvalue weighted by Crippen LogP contribution is 2.24. The maximum Gasteiger partial charge on any atom is 0.240 e. The smallest absolute Gasteiger partial charge is 0.240 e. The summed E-state index contributed by atoms with van der Waals surface area (Å²) in [5, 5.41) is 5.44. The minimum Gasteiger partial charge on any atom is -0.451 e. The van der Waals surface area contributed by atoms with Crippen LogP contribution in [0.5, 0.6) is 0 Å². The number of nitrogens with one attached hydrogen (secondary N) is 1. The first-order chi connectivity index (χ1) is 10.8. The van der Waals surface area contributed by atoms with Gasteiger partial charge in [0.1, 0.15) is 6.26 Å². The fourth-order valence-corrected chi connectivity index (χ4v) is 3.70. The zero-order chi connectivity index (χ0) is 15.4. The predicted molar refractivity (Wildman–Crippen MR) is 85.5 cm³/mol. The van der Waals surface area contributed by atoms with Crippen LogP contribution in [0.3, 0.4) is 0 Å². The molecule has 1 unspecified atom stereocenters. The Bertz CT molecular complexity index is 609. The van der Waals surface area contributed by atoms with Crippen LogP contribution in [0.1, 0.15) is 35.9 Å². The first-order valence-electron chi connectivity index (χ1n) is 7.72. The van der Waals surface area contributed by atoms with Crippen molar-refractivity contribution in [2.75, 3.05) is 6.54 Å². The van der Waals surface area contributed by atoms with Crippen molar-refractivity contribution in [1.29, 1.82) is 0 Å². The molecule has 1 amide bonds. The van der Waals surface area contributed by atoms with Crippen molar-refractivity contribution in [3.63, 3.8) is 0 Å². The van der Waals surface area contributed by atoms with Crippen LogP contribution in [0.15, 0.2) is 28.5 Å². The topological polar surface area (TPSA) is 58.4 Å². The molecule has 0 aromatic carbocycles.